The predicted octanol–water partition coefficient (Wildman–Crippen LogP) is 3.63. The Morgan fingerprint density at radius 1 is 1.37 bits per heavy atom. The third kappa shape index (κ3) is 3.72. The van der Waals surface area contributed by atoms with Crippen molar-refractivity contribution in [3.63, 3.8) is 0 Å². The molecule has 0 aliphatic rings. The highest BCUT2D eigenvalue weighted by molar-refractivity contribution is 8.14. The van der Waals surface area contributed by atoms with E-state index in [0.717, 1.165) is 0 Å². The second kappa shape index (κ2) is 6.26. The molecule has 1 aromatic carbocycles. The Balaban J connectivity index is 3.45. The highest BCUT2D eigenvalue weighted by Crippen LogP contribution is 2.36. The van der Waals surface area contributed by atoms with Crippen LogP contribution in [0.5, 0.6) is 0 Å². The monoisotopic (exact) mass is 348 g/mol. The molecule has 19 heavy (non-hydrogen) atoms. The molecule has 0 aromatic heterocycles. The van der Waals surface area contributed by atoms with Crippen LogP contribution >= 0.6 is 33.9 Å². The van der Waals surface area contributed by atoms with Crippen molar-refractivity contribution < 1.29 is 22.3 Å². The number of esters is 1. The summed E-state index contributed by atoms with van der Waals surface area (Å²) < 4.78 is 40.8. The maximum absolute atomic E-state index is 13.5. The van der Waals surface area contributed by atoms with Crippen LogP contribution in [0.1, 0.15) is 23.7 Å². The van der Waals surface area contributed by atoms with Crippen LogP contribution in [-0.2, 0) is 13.8 Å². The first-order valence-corrected chi connectivity index (χ1v) is 8.06. The van der Waals surface area contributed by atoms with E-state index in [2.05, 4.69) is 0 Å². The molecule has 0 saturated carbocycles. The molecule has 1 rings (SSSR count). The van der Waals surface area contributed by atoms with E-state index in [0.29, 0.717) is 12.5 Å². The Kier molecular flexibility index (Phi) is 5.43. The van der Waals surface area contributed by atoms with Gasteiger partial charge in [-0.2, -0.15) is 0 Å². The molecule has 9 heteroatoms. The molecule has 1 aromatic rings. The van der Waals surface area contributed by atoms with Gasteiger partial charge < -0.3 is 4.74 Å². The summed E-state index contributed by atoms with van der Waals surface area (Å²) in [4.78, 5) is 10.8. The molecular formula is C10H8Cl3FO4S. The molecule has 0 heterocycles. The summed E-state index contributed by atoms with van der Waals surface area (Å²) in [6.45, 7) is 1.84. The van der Waals surface area contributed by atoms with Crippen LogP contribution in [0.4, 0.5) is 4.39 Å². The van der Waals surface area contributed by atoms with Crippen LogP contribution in [0.15, 0.2) is 11.0 Å². The van der Waals surface area contributed by atoms with Gasteiger partial charge in [-0.15, -0.1) is 0 Å². The first-order valence-electron chi connectivity index (χ1n) is 4.99. The molecule has 0 fully saturated rings. The summed E-state index contributed by atoms with van der Waals surface area (Å²) in [5.74, 6) is -2.09. The van der Waals surface area contributed by atoms with Gasteiger partial charge in [-0.3, -0.25) is 0 Å². The molecule has 0 bridgehead atoms. The maximum atomic E-state index is 13.5. The number of ether oxygens (including phenoxy) is 1. The summed E-state index contributed by atoms with van der Waals surface area (Å²) >= 11 is 11.2. The molecule has 0 atom stereocenters. The summed E-state index contributed by atoms with van der Waals surface area (Å²) in [6, 6.07) is 0.703. The average molecular weight is 350 g/mol. The van der Waals surface area contributed by atoms with Gasteiger partial charge in [0.1, 0.15) is 10.7 Å². The van der Waals surface area contributed by atoms with Crippen LogP contribution in [0.25, 0.3) is 0 Å². The third-order valence-electron chi connectivity index (χ3n) is 2.02. The fraction of sp³-hybridized carbons (Fsp3) is 0.300. The number of rotatable bonds is 4. The molecule has 0 aliphatic carbocycles. The first-order chi connectivity index (χ1) is 8.70. The lowest BCUT2D eigenvalue weighted by molar-refractivity contribution is 0.0504. The van der Waals surface area contributed by atoms with Crippen LogP contribution in [0, 0.1) is 5.82 Å². The zero-order valence-electron chi connectivity index (χ0n) is 9.54. The van der Waals surface area contributed by atoms with E-state index in [1.54, 1.807) is 6.92 Å². The van der Waals surface area contributed by atoms with Gasteiger partial charge in [-0.05, 0) is 12.5 Å². The van der Waals surface area contributed by atoms with E-state index in [1.807, 2.05) is 0 Å². The van der Waals surface area contributed by atoms with E-state index in [-0.39, 0.29) is 6.61 Å². The van der Waals surface area contributed by atoms with Crippen molar-refractivity contribution in [2.24, 2.45) is 0 Å². The van der Waals surface area contributed by atoms with E-state index >= 15 is 0 Å². The molecule has 0 aliphatic heterocycles. The standard InChI is InChI=1S/C10H8Cl3FO4S/c1-2-3-18-10(15)5-4-6(14)8(12)9(7(5)11)19(13,16)17/h4H,2-3H2,1H3. The maximum Gasteiger partial charge on any atom is 0.339 e. The minimum atomic E-state index is -4.40. The summed E-state index contributed by atoms with van der Waals surface area (Å²) in [5, 5.41) is -1.34. The zero-order chi connectivity index (χ0) is 14.8. The second-order valence-electron chi connectivity index (χ2n) is 3.44. The van der Waals surface area contributed by atoms with Gasteiger partial charge in [-0.1, -0.05) is 30.1 Å². The van der Waals surface area contributed by atoms with Crippen molar-refractivity contribution >= 4 is 48.9 Å². The Hall–Kier alpha value is -0.560. The Morgan fingerprint density at radius 2 is 1.95 bits per heavy atom. The number of hydrogen-bond donors (Lipinski definition) is 0. The highest BCUT2D eigenvalue weighted by atomic mass is 35.7. The van der Waals surface area contributed by atoms with Crippen LogP contribution < -0.4 is 0 Å². The van der Waals surface area contributed by atoms with E-state index in [9.17, 15) is 17.6 Å². The van der Waals surface area contributed by atoms with E-state index in [4.69, 9.17) is 38.6 Å². The average Bonchev–Trinajstić information content (AvgIpc) is 2.29. The number of benzene rings is 1. The summed E-state index contributed by atoms with van der Waals surface area (Å²) in [6.07, 6.45) is 0.542. The minimum Gasteiger partial charge on any atom is -0.462 e. The van der Waals surface area contributed by atoms with Gasteiger partial charge in [0, 0.05) is 10.7 Å². The lowest BCUT2D eigenvalue weighted by Gasteiger charge is -2.10. The zero-order valence-corrected chi connectivity index (χ0v) is 12.6. The van der Waals surface area contributed by atoms with Gasteiger partial charge in [0.2, 0.25) is 0 Å². The molecule has 0 unspecified atom stereocenters. The first kappa shape index (κ1) is 16.5. The van der Waals surface area contributed by atoms with E-state index in [1.165, 1.54) is 0 Å². The fourth-order valence-corrected chi connectivity index (χ4v) is 3.58. The highest BCUT2D eigenvalue weighted by Gasteiger charge is 2.28. The van der Waals surface area contributed by atoms with Crippen molar-refractivity contribution in [3.05, 3.63) is 27.5 Å². The number of carbonyl (C=O) groups is 1. The molecule has 0 saturated heterocycles. The number of carbonyl (C=O) groups excluding carboxylic acids is 1. The molecule has 4 nitrogen and oxygen atoms in total. The lowest BCUT2D eigenvalue weighted by atomic mass is 10.2. The molecule has 0 N–H and O–H groups in total. The minimum absolute atomic E-state index is 0.0857. The van der Waals surface area contributed by atoms with E-state index < -0.39 is 41.3 Å². The largest absolute Gasteiger partial charge is 0.462 e. The van der Waals surface area contributed by atoms with Crippen molar-refractivity contribution in [2.75, 3.05) is 6.61 Å². The summed E-state index contributed by atoms with van der Waals surface area (Å²) in [7, 11) is 0.704. The number of hydrogen-bond acceptors (Lipinski definition) is 4. The van der Waals surface area contributed by atoms with Crippen LogP contribution in [0.3, 0.4) is 0 Å². The van der Waals surface area contributed by atoms with Gasteiger partial charge in [0.15, 0.2) is 0 Å². The molecule has 0 spiro atoms. The number of halogens is 4. The molecule has 0 radical (unpaired) electrons. The SMILES string of the molecule is CCCOC(=O)c1cc(F)c(Cl)c(S(=O)(=O)Cl)c1Cl. The van der Waals surface area contributed by atoms with Crippen molar-refractivity contribution in [2.45, 2.75) is 18.2 Å². The summed E-state index contributed by atoms with van der Waals surface area (Å²) in [5.41, 5.74) is -0.448. The quantitative estimate of drug-likeness (QED) is 0.473. The molecular weight excluding hydrogens is 342 g/mol. The van der Waals surface area contributed by atoms with Crippen molar-refractivity contribution in [1.82, 2.24) is 0 Å². The van der Waals surface area contributed by atoms with Gasteiger partial charge in [0.05, 0.1) is 22.2 Å². The predicted molar refractivity (Wildman–Crippen MR) is 70.0 cm³/mol. The van der Waals surface area contributed by atoms with Crippen molar-refractivity contribution in [1.29, 1.82) is 0 Å². The van der Waals surface area contributed by atoms with Crippen LogP contribution in [0.2, 0.25) is 10.0 Å². The fourth-order valence-electron chi connectivity index (χ4n) is 1.22. The van der Waals surface area contributed by atoms with Gasteiger partial charge in [0.25, 0.3) is 9.05 Å². The lowest BCUT2D eigenvalue weighted by Crippen LogP contribution is -2.09. The van der Waals surface area contributed by atoms with Crippen LogP contribution in [-0.4, -0.2) is 21.0 Å². The van der Waals surface area contributed by atoms with Gasteiger partial charge >= 0.3 is 5.97 Å². The molecule has 0 amide bonds. The van der Waals surface area contributed by atoms with Gasteiger partial charge in [-0.25, -0.2) is 17.6 Å². The smallest absolute Gasteiger partial charge is 0.339 e. The topological polar surface area (TPSA) is 60.4 Å². The Morgan fingerprint density at radius 3 is 2.42 bits per heavy atom. The molecule has 106 valence electrons. The normalized spacial score (nSPS) is 11.4. The second-order valence-corrected chi connectivity index (χ2v) is 6.70. The Labute approximate surface area is 123 Å². The van der Waals surface area contributed by atoms with Crippen molar-refractivity contribution in [3.8, 4) is 0 Å². The Bertz CT molecular complexity index is 616. The third-order valence-corrected chi connectivity index (χ3v) is 4.36.